The lowest BCUT2D eigenvalue weighted by Crippen LogP contribution is -2.44. The zero-order chi connectivity index (χ0) is 14.6. The smallest absolute Gasteiger partial charge is 0.0591 e. The summed E-state index contributed by atoms with van der Waals surface area (Å²) in [6, 6.07) is 12.1. The Balaban J connectivity index is 1.62. The summed E-state index contributed by atoms with van der Waals surface area (Å²) in [4.78, 5) is 0. The fourth-order valence-corrected chi connectivity index (χ4v) is 3.08. The van der Waals surface area contributed by atoms with Crippen molar-refractivity contribution in [1.82, 2.24) is 5.32 Å². The molecule has 0 spiro atoms. The molecule has 1 saturated carbocycles. The molecule has 20 heavy (non-hydrogen) atoms. The Hall–Kier alpha value is -0.860. The average Bonchev–Trinajstić information content (AvgIpc) is 2.32. The summed E-state index contributed by atoms with van der Waals surface area (Å²) in [5.74, 6) is 0.747. The predicted molar refractivity (Wildman–Crippen MR) is 85.0 cm³/mol. The molecular formula is C18H29NO. The van der Waals surface area contributed by atoms with Gasteiger partial charge in [-0.15, -0.1) is 0 Å². The maximum Gasteiger partial charge on any atom is 0.0591 e. The molecular weight excluding hydrogens is 246 g/mol. The Morgan fingerprint density at radius 3 is 2.50 bits per heavy atom. The van der Waals surface area contributed by atoms with Gasteiger partial charge in [0.15, 0.2) is 0 Å². The lowest BCUT2D eigenvalue weighted by Gasteiger charge is -2.38. The summed E-state index contributed by atoms with van der Waals surface area (Å²) in [6.07, 6.45) is 5.65. The van der Waals surface area contributed by atoms with Crippen LogP contribution in [0.5, 0.6) is 0 Å². The molecule has 2 nitrogen and oxygen atoms in total. The van der Waals surface area contributed by atoms with Gasteiger partial charge in [0.25, 0.3) is 0 Å². The maximum atomic E-state index is 9.71. The highest BCUT2D eigenvalue weighted by molar-refractivity contribution is 5.22. The molecule has 1 aliphatic carbocycles. The highest BCUT2D eigenvalue weighted by atomic mass is 16.3. The quantitative estimate of drug-likeness (QED) is 0.792. The van der Waals surface area contributed by atoms with Crippen LogP contribution in [0.3, 0.4) is 0 Å². The van der Waals surface area contributed by atoms with E-state index in [1.54, 1.807) is 0 Å². The summed E-state index contributed by atoms with van der Waals surface area (Å²) in [6.45, 7) is 6.04. The Bertz CT molecular complexity index is 390. The molecule has 0 amide bonds. The topological polar surface area (TPSA) is 32.3 Å². The van der Waals surface area contributed by atoms with Gasteiger partial charge in [0.05, 0.1) is 5.60 Å². The van der Waals surface area contributed by atoms with Crippen molar-refractivity contribution in [3.05, 3.63) is 35.9 Å². The van der Waals surface area contributed by atoms with Crippen molar-refractivity contribution in [2.24, 2.45) is 0 Å². The third-order valence-electron chi connectivity index (χ3n) is 4.35. The zero-order valence-corrected chi connectivity index (χ0v) is 13.1. The number of rotatable bonds is 7. The van der Waals surface area contributed by atoms with Crippen LogP contribution in [0.4, 0.5) is 0 Å². The zero-order valence-electron chi connectivity index (χ0n) is 13.1. The summed E-state index contributed by atoms with van der Waals surface area (Å²) >= 11 is 0. The van der Waals surface area contributed by atoms with Crippen molar-refractivity contribution in [3.8, 4) is 0 Å². The fourth-order valence-electron chi connectivity index (χ4n) is 3.08. The van der Waals surface area contributed by atoms with E-state index < -0.39 is 5.60 Å². The highest BCUT2D eigenvalue weighted by Crippen LogP contribution is 2.37. The molecule has 0 unspecified atom stereocenters. The highest BCUT2D eigenvalue weighted by Gasteiger charge is 2.30. The van der Waals surface area contributed by atoms with E-state index in [-0.39, 0.29) is 0 Å². The van der Waals surface area contributed by atoms with E-state index in [1.807, 2.05) is 13.8 Å². The van der Waals surface area contributed by atoms with Crippen molar-refractivity contribution in [3.63, 3.8) is 0 Å². The molecule has 1 atom stereocenters. The van der Waals surface area contributed by atoms with E-state index in [0.29, 0.717) is 12.1 Å². The molecule has 1 aliphatic rings. The first-order chi connectivity index (χ1) is 9.44. The summed E-state index contributed by atoms with van der Waals surface area (Å²) in [5.41, 5.74) is 0.967. The molecule has 0 heterocycles. The largest absolute Gasteiger partial charge is 0.390 e. The molecule has 2 N–H and O–H groups in total. The molecule has 1 fully saturated rings. The van der Waals surface area contributed by atoms with E-state index in [4.69, 9.17) is 0 Å². The van der Waals surface area contributed by atoms with Gasteiger partial charge in [-0.3, -0.25) is 0 Å². The molecule has 2 heteroatoms. The third kappa shape index (κ3) is 4.92. The van der Waals surface area contributed by atoms with Gasteiger partial charge in [-0.1, -0.05) is 30.3 Å². The molecule has 0 radical (unpaired) electrons. The Morgan fingerprint density at radius 2 is 1.90 bits per heavy atom. The molecule has 0 saturated heterocycles. The number of hydrogen-bond donors (Lipinski definition) is 2. The molecule has 0 aliphatic heterocycles. The van der Waals surface area contributed by atoms with Crippen LogP contribution >= 0.6 is 0 Å². The van der Waals surface area contributed by atoms with Crippen LogP contribution in [0.2, 0.25) is 0 Å². The summed E-state index contributed by atoms with van der Waals surface area (Å²) in [5, 5.41) is 13.4. The van der Waals surface area contributed by atoms with Crippen LogP contribution < -0.4 is 5.32 Å². The molecule has 112 valence electrons. The Morgan fingerprint density at radius 1 is 1.25 bits per heavy atom. The van der Waals surface area contributed by atoms with Crippen molar-refractivity contribution in [2.75, 3.05) is 0 Å². The molecule has 1 aromatic rings. The Kier molecular flexibility index (Phi) is 5.22. The lowest BCUT2D eigenvalue weighted by atomic mass is 9.75. The van der Waals surface area contributed by atoms with E-state index in [1.165, 1.54) is 18.4 Å². The predicted octanol–water partition coefficient (Wildman–Crippen LogP) is 3.85. The van der Waals surface area contributed by atoms with Gasteiger partial charge in [-0.2, -0.15) is 0 Å². The number of nitrogens with one attached hydrogen (secondary N) is 1. The minimum atomic E-state index is -0.519. The van der Waals surface area contributed by atoms with Crippen LogP contribution in [-0.4, -0.2) is 22.8 Å². The van der Waals surface area contributed by atoms with E-state index in [2.05, 4.69) is 42.6 Å². The van der Waals surface area contributed by atoms with Gasteiger partial charge < -0.3 is 10.4 Å². The first-order valence-electron chi connectivity index (χ1n) is 7.97. The van der Waals surface area contributed by atoms with Crippen LogP contribution in [0, 0.1) is 0 Å². The maximum absolute atomic E-state index is 9.71. The monoisotopic (exact) mass is 275 g/mol. The average molecular weight is 275 g/mol. The first kappa shape index (κ1) is 15.5. The molecule has 2 rings (SSSR count). The second-order valence-electron chi connectivity index (χ2n) is 7.05. The first-order valence-corrected chi connectivity index (χ1v) is 7.97. The molecule has 1 aromatic carbocycles. The number of hydrogen-bond acceptors (Lipinski definition) is 2. The van der Waals surface area contributed by atoms with Crippen molar-refractivity contribution < 1.29 is 5.11 Å². The summed E-state index contributed by atoms with van der Waals surface area (Å²) in [7, 11) is 0. The second kappa shape index (κ2) is 6.73. The normalized spacial score (nSPS) is 24.2. The van der Waals surface area contributed by atoms with Crippen LogP contribution in [0.15, 0.2) is 30.3 Å². The van der Waals surface area contributed by atoms with Crippen molar-refractivity contribution >= 4 is 0 Å². The lowest BCUT2D eigenvalue weighted by molar-refractivity contribution is 0.0672. The minimum Gasteiger partial charge on any atom is -0.390 e. The van der Waals surface area contributed by atoms with Gasteiger partial charge in [0, 0.05) is 12.1 Å². The molecule has 0 aromatic heterocycles. The van der Waals surface area contributed by atoms with Gasteiger partial charge >= 0.3 is 0 Å². The van der Waals surface area contributed by atoms with Gasteiger partial charge in [0.2, 0.25) is 0 Å². The van der Waals surface area contributed by atoms with Crippen LogP contribution in [-0.2, 0) is 0 Å². The van der Waals surface area contributed by atoms with Gasteiger partial charge in [0.1, 0.15) is 0 Å². The Labute approximate surface area is 123 Å². The van der Waals surface area contributed by atoms with Crippen molar-refractivity contribution in [1.29, 1.82) is 0 Å². The van der Waals surface area contributed by atoms with Gasteiger partial charge in [-0.25, -0.2) is 0 Å². The molecule has 0 bridgehead atoms. The van der Waals surface area contributed by atoms with Crippen LogP contribution in [0.1, 0.15) is 64.4 Å². The number of aliphatic hydroxyl groups is 1. The van der Waals surface area contributed by atoms with Gasteiger partial charge in [-0.05, 0) is 64.4 Å². The van der Waals surface area contributed by atoms with Crippen LogP contribution in [0.25, 0.3) is 0 Å². The van der Waals surface area contributed by atoms with E-state index >= 15 is 0 Å². The van der Waals surface area contributed by atoms with E-state index in [0.717, 1.165) is 25.2 Å². The van der Waals surface area contributed by atoms with Crippen molar-refractivity contribution in [2.45, 2.75) is 76.5 Å². The van der Waals surface area contributed by atoms with E-state index in [9.17, 15) is 5.11 Å². The minimum absolute atomic E-state index is 0.519. The fraction of sp³-hybridized carbons (Fsp3) is 0.667. The SMILES string of the molecule is C[C@H](CCCC(C)(C)O)NC1CC(c2ccccc2)C1. The summed E-state index contributed by atoms with van der Waals surface area (Å²) < 4.78 is 0. The standard InChI is InChI=1S/C18H29NO/c1-14(8-7-11-18(2,3)20)19-17-12-16(13-17)15-9-5-4-6-10-15/h4-6,9-10,14,16-17,19-20H,7-8,11-13H2,1-3H3/t14-,16?,17?/m1/s1. The second-order valence-corrected chi connectivity index (χ2v) is 7.05. The third-order valence-corrected chi connectivity index (χ3v) is 4.35. The number of benzene rings is 1.